The summed E-state index contributed by atoms with van der Waals surface area (Å²) in [6, 6.07) is 18.6. The first-order chi connectivity index (χ1) is 19.0. The van der Waals surface area contributed by atoms with Crippen LogP contribution in [-0.4, -0.2) is 44.2 Å². The van der Waals surface area contributed by atoms with E-state index >= 15 is 0 Å². The van der Waals surface area contributed by atoms with Gasteiger partial charge in [0, 0.05) is 41.6 Å². The van der Waals surface area contributed by atoms with Crippen molar-refractivity contribution < 1.29 is 14.3 Å². The van der Waals surface area contributed by atoms with Crippen LogP contribution in [0.5, 0.6) is 11.5 Å². The maximum atomic E-state index is 12.8. The van der Waals surface area contributed by atoms with E-state index in [2.05, 4.69) is 28.1 Å². The number of anilines is 4. The average Bonchev–Trinajstić information content (AvgIpc) is 3.28. The number of rotatable bonds is 9. The Morgan fingerprint density at radius 1 is 1.00 bits per heavy atom. The summed E-state index contributed by atoms with van der Waals surface area (Å²) in [6.45, 7) is 5.39. The average molecular weight is 527 g/mol. The number of nitrogens with zero attached hydrogens (tertiary/aromatic N) is 1. The lowest BCUT2D eigenvalue weighted by Gasteiger charge is -2.46. The first kappa shape index (κ1) is 25.6. The number of methoxy groups -OCH3 is 2. The predicted octanol–water partition coefficient (Wildman–Crippen LogP) is 6.51. The Morgan fingerprint density at radius 2 is 1.79 bits per heavy atom. The van der Waals surface area contributed by atoms with Gasteiger partial charge in [0.1, 0.15) is 17.2 Å². The topological polar surface area (TPSA) is 74.9 Å². The Balaban J connectivity index is 1.34. The van der Waals surface area contributed by atoms with Crippen LogP contribution in [0.3, 0.4) is 0 Å². The molecule has 0 radical (unpaired) electrons. The lowest BCUT2D eigenvalue weighted by atomic mass is 9.69. The monoisotopic (exact) mass is 526 g/mol. The molecule has 3 atom stereocenters. The molecule has 3 aliphatic rings. The summed E-state index contributed by atoms with van der Waals surface area (Å²) in [7, 11) is 3.49. The Bertz CT molecular complexity index is 1380. The third-order valence-electron chi connectivity index (χ3n) is 8.84. The second kappa shape index (κ2) is 10.1. The molecule has 2 aliphatic heterocycles. The normalized spacial score (nSPS) is 22.3. The van der Waals surface area contributed by atoms with Crippen molar-refractivity contribution in [1.82, 2.24) is 10.2 Å². The van der Waals surface area contributed by atoms with Gasteiger partial charge in [0.05, 0.1) is 25.4 Å². The van der Waals surface area contributed by atoms with Crippen LogP contribution in [0.1, 0.15) is 66.9 Å². The van der Waals surface area contributed by atoms with E-state index in [1.54, 1.807) is 14.2 Å². The summed E-state index contributed by atoms with van der Waals surface area (Å²) in [5, 5.41) is 11.2. The highest BCUT2D eigenvalue weighted by molar-refractivity contribution is 5.95. The Hall–Kier alpha value is -3.71. The molecule has 3 aromatic rings. The van der Waals surface area contributed by atoms with Gasteiger partial charge in [-0.1, -0.05) is 12.1 Å². The maximum Gasteiger partial charge on any atom is 0.253 e. The predicted molar refractivity (Wildman–Crippen MR) is 156 cm³/mol. The zero-order valence-corrected chi connectivity index (χ0v) is 23.3. The molecule has 7 nitrogen and oxygen atoms in total. The Labute approximate surface area is 230 Å². The molecule has 6 rings (SSSR count). The van der Waals surface area contributed by atoms with E-state index in [1.165, 1.54) is 24.0 Å². The van der Waals surface area contributed by atoms with Crippen LogP contribution in [0.15, 0.2) is 54.6 Å². The Morgan fingerprint density at radius 3 is 2.51 bits per heavy atom. The third-order valence-corrected chi connectivity index (χ3v) is 8.84. The van der Waals surface area contributed by atoms with Crippen LogP contribution in [0.4, 0.5) is 22.7 Å². The number of fused-ring (bicyclic) bond motifs is 5. The molecule has 2 fully saturated rings. The number of ether oxygens (including phenoxy) is 2. The first-order valence-electron chi connectivity index (χ1n) is 14.1. The molecule has 2 heterocycles. The molecule has 3 unspecified atom stereocenters. The van der Waals surface area contributed by atoms with Gasteiger partial charge in [0.2, 0.25) is 0 Å². The van der Waals surface area contributed by atoms with Crippen molar-refractivity contribution >= 4 is 28.7 Å². The summed E-state index contributed by atoms with van der Waals surface area (Å²) in [5.41, 5.74) is 6.88. The molecule has 1 amide bonds. The quantitative estimate of drug-likeness (QED) is 0.295. The van der Waals surface area contributed by atoms with Crippen molar-refractivity contribution in [3.63, 3.8) is 0 Å². The Kier molecular flexibility index (Phi) is 6.63. The minimum atomic E-state index is -0.0572. The van der Waals surface area contributed by atoms with Gasteiger partial charge in [-0.2, -0.15) is 0 Å². The number of hydrogen-bond donors (Lipinski definition) is 3. The van der Waals surface area contributed by atoms with E-state index in [0.717, 1.165) is 47.1 Å². The fraction of sp³-hybridized carbons (Fsp3) is 0.406. The molecule has 3 aromatic carbocycles. The van der Waals surface area contributed by atoms with E-state index < -0.39 is 0 Å². The van der Waals surface area contributed by atoms with E-state index in [9.17, 15) is 4.79 Å². The number of nitrogens with one attached hydrogen (secondary N) is 3. The number of carbonyl (C=O) groups excluding carboxylic acids is 1. The summed E-state index contributed by atoms with van der Waals surface area (Å²) in [5.74, 6) is 2.36. The van der Waals surface area contributed by atoms with Gasteiger partial charge >= 0.3 is 0 Å². The summed E-state index contributed by atoms with van der Waals surface area (Å²) >= 11 is 0. The number of amides is 1. The van der Waals surface area contributed by atoms with Gasteiger partial charge in [-0.15, -0.1) is 0 Å². The molecule has 204 valence electrons. The second-order valence-electron chi connectivity index (χ2n) is 10.9. The van der Waals surface area contributed by atoms with Gasteiger partial charge in [-0.05, 0) is 93.5 Å². The van der Waals surface area contributed by atoms with Gasteiger partial charge in [0.25, 0.3) is 5.91 Å². The molecule has 0 aromatic heterocycles. The summed E-state index contributed by atoms with van der Waals surface area (Å²) < 4.78 is 11.9. The van der Waals surface area contributed by atoms with Crippen LogP contribution in [0, 0.1) is 0 Å². The van der Waals surface area contributed by atoms with Gasteiger partial charge in [0.15, 0.2) is 0 Å². The molecule has 0 saturated carbocycles. The van der Waals surface area contributed by atoms with Crippen LogP contribution in [0.2, 0.25) is 0 Å². The van der Waals surface area contributed by atoms with Crippen molar-refractivity contribution in [3.05, 3.63) is 71.3 Å². The zero-order valence-electron chi connectivity index (χ0n) is 23.3. The largest absolute Gasteiger partial charge is 0.496 e. The molecule has 5 bridgehead atoms. The lowest BCUT2D eigenvalue weighted by molar-refractivity contribution is 0.0773. The molecular formula is C32H38N4O3. The van der Waals surface area contributed by atoms with Crippen molar-refractivity contribution in [2.24, 2.45) is 0 Å². The van der Waals surface area contributed by atoms with E-state index in [-0.39, 0.29) is 11.4 Å². The molecule has 1 aliphatic carbocycles. The smallest absolute Gasteiger partial charge is 0.253 e. The van der Waals surface area contributed by atoms with Crippen LogP contribution >= 0.6 is 0 Å². The minimum absolute atomic E-state index is 0.0498. The fourth-order valence-corrected chi connectivity index (χ4v) is 7.01. The van der Waals surface area contributed by atoms with Crippen LogP contribution in [0.25, 0.3) is 0 Å². The number of hydrogen-bond acceptors (Lipinski definition) is 6. The SMILES string of the molecule is CCN(CC)C(=O)c1ccc(Nc2cccc(OC)c2Nc2ccc3c(OC)c2C24CCC(CC3C2)N4)cc1. The van der Waals surface area contributed by atoms with Gasteiger partial charge < -0.3 is 30.3 Å². The van der Waals surface area contributed by atoms with Crippen LogP contribution < -0.4 is 25.4 Å². The highest BCUT2D eigenvalue weighted by atomic mass is 16.5. The fourth-order valence-electron chi connectivity index (χ4n) is 7.01. The number of para-hydroxylation sites is 1. The molecular weight excluding hydrogens is 488 g/mol. The number of carbonyl (C=O) groups is 1. The zero-order chi connectivity index (χ0) is 27.1. The highest BCUT2D eigenvalue weighted by Gasteiger charge is 2.52. The maximum absolute atomic E-state index is 12.8. The van der Waals surface area contributed by atoms with Crippen molar-refractivity contribution in [3.8, 4) is 11.5 Å². The minimum Gasteiger partial charge on any atom is -0.496 e. The summed E-state index contributed by atoms with van der Waals surface area (Å²) in [6.07, 6.45) is 4.63. The highest BCUT2D eigenvalue weighted by Crippen LogP contribution is 2.59. The lowest BCUT2D eigenvalue weighted by Crippen LogP contribution is -2.49. The molecule has 39 heavy (non-hydrogen) atoms. The van der Waals surface area contributed by atoms with Crippen molar-refractivity contribution in [2.75, 3.05) is 37.9 Å². The van der Waals surface area contributed by atoms with Gasteiger partial charge in [-0.25, -0.2) is 0 Å². The van der Waals surface area contributed by atoms with Gasteiger partial charge in [-0.3, -0.25) is 4.79 Å². The molecule has 7 heteroatoms. The number of piperidine rings is 1. The van der Waals surface area contributed by atoms with Crippen molar-refractivity contribution in [2.45, 2.75) is 57.0 Å². The number of benzene rings is 3. The second-order valence-corrected chi connectivity index (χ2v) is 10.9. The summed E-state index contributed by atoms with van der Waals surface area (Å²) in [4.78, 5) is 14.6. The standard InChI is InChI=1S/C32H38N4O3/c1-5-36(6-2)31(37)20-10-12-22(13-11-20)33-26-8-7-9-27(38-3)29(26)34-25-15-14-24-21-18-23-16-17-32(19-21,35-23)28(25)30(24)39-4/h7-15,21,23,33-35H,5-6,16-19H2,1-4H3. The van der Waals surface area contributed by atoms with Crippen molar-refractivity contribution in [1.29, 1.82) is 0 Å². The molecule has 2 saturated heterocycles. The first-order valence-corrected chi connectivity index (χ1v) is 14.1. The van der Waals surface area contributed by atoms with Crippen LogP contribution in [-0.2, 0) is 5.54 Å². The molecule has 1 spiro atoms. The van der Waals surface area contributed by atoms with E-state index in [0.29, 0.717) is 30.6 Å². The van der Waals surface area contributed by atoms with E-state index in [1.807, 2.05) is 61.2 Å². The third kappa shape index (κ3) is 4.29. The van der Waals surface area contributed by atoms with E-state index in [4.69, 9.17) is 9.47 Å². The molecule has 3 N–H and O–H groups in total.